The molecule has 1 aromatic rings. The second-order valence-electron chi connectivity index (χ2n) is 2.71. The van der Waals surface area contributed by atoms with Gasteiger partial charge in [0.2, 0.25) is 0 Å². The summed E-state index contributed by atoms with van der Waals surface area (Å²) in [6.45, 7) is 2.27. The third kappa shape index (κ3) is 1.57. The largest absolute Gasteiger partial charge is 0.586 e. The smallest absolute Gasteiger partial charge is 0.494 e. The van der Waals surface area contributed by atoms with Crippen molar-refractivity contribution in [3.63, 3.8) is 0 Å². The molecule has 0 bridgehead atoms. The van der Waals surface area contributed by atoms with E-state index in [0.29, 0.717) is 12.4 Å². The Hall–Kier alpha value is -1.52. The second kappa shape index (κ2) is 3.01. The molecule has 0 N–H and O–H groups in total. The highest BCUT2D eigenvalue weighted by molar-refractivity contribution is 5.47. The average Bonchev–Trinajstić information content (AvgIpc) is 2.38. The fourth-order valence-electron chi connectivity index (χ4n) is 1.19. The van der Waals surface area contributed by atoms with Gasteiger partial charge in [-0.2, -0.15) is 0 Å². The molecule has 0 atom stereocenters. The minimum absolute atomic E-state index is 0.000880. The number of ether oxygens (including phenoxy) is 3. The molecule has 76 valence electrons. The van der Waals surface area contributed by atoms with E-state index < -0.39 is 6.29 Å². The van der Waals surface area contributed by atoms with Gasteiger partial charge >= 0.3 is 6.29 Å². The second-order valence-corrected chi connectivity index (χ2v) is 2.71. The van der Waals surface area contributed by atoms with Crippen LogP contribution < -0.4 is 14.2 Å². The normalized spacial score (nSPS) is 16.8. The molecule has 3 nitrogen and oxygen atoms in total. The molecular formula is C9H8F2O3. The van der Waals surface area contributed by atoms with Crippen LogP contribution in [0, 0.1) is 0 Å². The molecule has 0 aliphatic carbocycles. The first kappa shape index (κ1) is 9.05. The summed E-state index contributed by atoms with van der Waals surface area (Å²) in [5.74, 6) is 0.506. The quantitative estimate of drug-likeness (QED) is 0.737. The first-order valence-corrected chi connectivity index (χ1v) is 4.13. The molecule has 14 heavy (non-hydrogen) atoms. The zero-order chi connectivity index (χ0) is 10.2. The van der Waals surface area contributed by atoms with E-state index in [9.17, 15) is 8.78 Å². The molecule has 1 aromatic carbocycles. The lowest BCUT2D eigenvalue weighted by Gasteiger charge is -2.04. The van der Waals surface area contributed by atoms with Crippen LogP contribution in [0.25, 0.3) is 0 Å². The summed E-state index contributed by atoms with van der Waals surface area (Å²) in [7, 11) is 0. The van der Waals surface area contributed by atoms with Gasteiger partial charge in [-0.25, -0.2) is 0 Å². The number of hydrogen-bond acceptors (Lipinski definition) is 3. The SMILES string of the molecule is CCOc1ccc2c(c1)OC(F)(F)O2. The molecule has 0 unspecified atom stereocenters. The van der Waals surface area contributed by atoms with E-state index in [-0.39, 0.29) is 11.5 Å². The highest BCUT2D eigenvalue weighted by Crippen LogP contribution is 2.42. The maximum atomic E-state index is 12.6. The van der Waals surface area contributed by atoms with E-state index in [1.165, 1.54) is 12.1 Å². The third-order valence-corrected chi connectivity index (χ3v) is 1.68. The van der Waals surface area contributed by atoms with Crippen molar-refractivity contribution in [2.24, 2.45) is 0 Å². The predicted molar refractivity (Wildman–Crippen MR) is 43.8 cm³/mol. The van der Waals surface area contributed by atoms with Crippen molar-refractivity contribution in [1.29, 1.82) is 0 Å². The minimum atomic E-state index is -3.56. The Morgan fingerprint density at radius 1 is 1.29 bits per heavy atom. The van der Waals surface area contributed by atoms with Gasteiger partial charge in [0.15, 0.2) is 11.5 Å². The standard InChI is InChI=1S/C9H8F2O3/c1-2-12-6-3-4-7-8(5-6)14-9(10,11)13-7/h3-5H,2H2,1H3. The molecule has 0 radical (unpaired) electrons. The monoisotopic (exact) mass is 202 g/mol. The predicted octanol–water partition coefficient (Wildman–Crippen LogP) is 2.41. The van der Waals surface area contributed by atoms with E-state index in [1.54, 1.807) is 13.0 Å². The highest BCUT2D eigenvalue weighted by Gasteiger charge is 2.43. The van der Waals surface area contributed by atoms with Crippen molar-refractivity contribution in [3.8, 4) is 17.2 Å². The van der Waals surface area contributed by atoms with Crippen LogP contribution in [0.2, 0.25) is 0 Å². The molecule has 0 fully saturated rings. The molecule has 1 heterocycles. The highest BCUT2D eigenvalue weighted by atomic mass is 19.3. The molecule has 0 saturated heterocycles. The van der Waals surface area contributed by atoms with Gasteiger partial charge < -0.3 is 14.2 Å². The molecule has 0 amide bonds. The van der Waals surface area contributed by atoms with Crippen molar-refractivity contribution in [2.75, 3.05) is 6.61 Å². The van der Waals surface area contributed by atoms with Crippen molar-refractivity contribution < 1.29 is 23.0 Å². The Labute approximate surface area is 79.2 Å². The molecule has 0 spiro atoms. The third-order valence-electron chi connectivity index (χ3n) is 1.68. The number of hydrogen-bond donors (Lipinski definition) is 0. The number of benzene rings is 1. The Balaban J connectivity index is 2.26. The maximum absolute atomic E-state index is 12.6. The lowest BCUT2D eigenvalue weighted by molar-refractivity contribution is -0.286. The average molecular weight is 202 g/mol. The first-order valence-electron chi connectivity index (χ1n) is 4.13. The van der Waals surface area contributed by atoms with Crippen molar-refractivity contribution >= 4 is 0 Å². The molecule has 2 rings (SSSR count). The van der Waals surface area contributed by atoms with Gasteiger partial charge in [-0.15, -0.1) is 8.78 Å². The summed E-state index contributed by atoms with van der Waals surface area (Å²) in [5.41, 5.74) is 0. The van der Waals surface area contributed by atoms with E-state index in [4.69, 9.17) is 4.74 Å². The van der Waals surface area contributed by atoms with Crippen LogP contribution in [0.1, 0.15) is 6.92 Å². The minimum Gasteiger partial charge on any atom is -0.494 e. The van der Waals surface area contributed by atoms with E-state index >= 15 is 0 Å². The summed E-state index contributed by atoms with van der Waals surface area (Å²) < 4.78 is 38.7. The van der Waals surface area contributed by atoms with Crippen LogP contribution in [0.15, 0.2) is 18.2 Å². The zero-order valence-electron chi connectivity index (χ0n) is 7.42. The van der Waals surface area contributed by atoms with Gasteiger partial charge in [0.1, 0.15) is 5.75 Å². The lowest BCUT2D eigenvalue weighted by Crippen LogP contribution is -2.25. The van der Waals surface area contributed by atoms with Crippen LogP contribution in [-0.4, -0.2) is 12.9 Å². The Bertz CT molecular complexity index is 352. The lowest BCUT2D eigenvalue weighted by atomic mass is 10.3. The number of halogens is 2. The summed E-state index contributed by atoms with van der Waals surface area (Å²) in [6, 6.07) is 4.31. The Morgan fingerprint density at radius 2 is 2.00 bits per heavy atom. The summed E-state index contributed by atoms with van der Waals surface area (Å²) in [6.07, 6.45) is -3.56. The molecular weight excluding hydrogens is 194 g/mol. The zero-order valence-corrected chi connectivity index (χ0v) is 7.42. The van der Waals surface area contributed by atoms with Crippen molar-refractivity contribution in [2.45, 2.75) is 13.2 Å². The molecule has 5 heteroatoms. The van der Waals surface area contributed by atoms with Crippen molar-refractivity contribution in [3.05, 3.63) is 18.2 Å². The van der Waals surface area contributed by atoms with E-state index in [1.807, 2.05) is 0 Å². The number of rotatable bonds is 2. The van der Waals surface area contributed by atoms with Crippen LogP contribution in [0.4, 0.5) is 8.78 Å². The topological polar surface area (TPSA) is 27.7 Å². The molecule has 0 aromatic heterocycles. The van der Waals surface area contributed by atoms with Gasteiger partial charge in [-0.1, -0.05) is 0 Å². The number of fused-ring (bicyclic) bond motifs is 1. The van der Waals surface area contributed by atoms with Gasteiger partial charge in [-0.3, -0.25) is 0 Å². The fourth-order valence-corrected chi connectivity index (χ4v) is 1.19. The Kier molecular flexibility index (Phi) is 1.94. The summed E-state index contributed by atoms with van der Waals surface area (Å²) in [5, 5.41) is 0. The van der Waals surface area contributed by atoms with Gasteiger partial charge in [0, 0.05) is 6.07 Å². The summed E-state index contributed by atoms with van der Waals surface area (Å²) >= 11 is 0. The fraction of sp³-hybridized carbons (Fsp3) is 0.333. The van der Waals surface area contributed by atoms with Gasteiger partial charge in [0.25, 0.3) is 0 Å². The summed E-state index contributed by atoms with van der Waals surface area (Å²) in [4.78, 5) is 0. The van der Waals surface area contributed by atoms with Crippen molar-refractivity contribution in [1.82, 2.24) is 0 Å². The Morgan fingerprint density at radius 3 is 2.71 bits per heavy atom. The molecule has 0 saturated carbocycles. The van der Waals surface area contributed by atoms with Gasteiger partial charge in [0.05, 0.1) is 6.61 Å². The molecule has 1 aliphatic heterocycles. The van der Waals surface area contributed by atoms with Crippen LogP contribution in [0.3, 0.4) is 0 Å². The van der Waals surface area contributed by atoms with Crippen LogP contribution in [-0.2, 0) is 0 Å². The van der Waals surface area contributed by atoms with Gasteiger partial charge in [-0.05, 0) is 19.1 Å². The first-order chi connectivity index (χ1) is 6.61. The van der Waals surface area contributed by atoms with Crippen LogP contribution in [0.5, 0.6) is 17.2 Å². The number of alkyl halides is 2. The van der Waals surface area contributed by atoms with Crippen LogP contribution >= 0.6 is 0 Å². The van der Waals surface area contributed by atoms with E-state index in [2.05, 4.69) is 9.47 Å². The molecule has 1 aliphatic rings. The van der Waals surface area contributed by atoms with E-state index in [0.717, 1.165) is 0 Å². The maximum Gasteiger partial charge on any atom is 0.586 e.